The molecule has 0 amide bonds. The molecule has 3 nitrogen and oxygen atoms in total. The van der Waals surface area contributed by atoms with Crippen LogP contribution in [0.1, 0.15) is 258 Å². The van der Waals surface area contributed by atoms with Gasteiger partial charge in [0.05, 0.1) is 6.26 Å². The van der Waals surface area contributed by atoms with Gasteiger partial charge in [-0.25, -0.2) is 0 Å². The Kier molecular flexibility index (Phi) is 29.2. The Morgan fingerprint density at radius 3 is 1.34 bits per heavy atom. The summed E-state index contributed by atoms with van der Waals surface area (Å²) in [5, 5.41) is 3.56. The fourth-order valence-corrected chi connectivity index (χ4v) is 14.9. The van der Waals surface area contributed by atoms with E-state index in [4.69, 9.17) is 13.3 Å². The molecule has 16 rings (SSSR count). The third kappa shape index (κ3) is 23.6. The summed E-state index contributed by atoms with van der Waals surface area (Å²) in [5.41, 5.74) is 41.3. The summed E-state index contributed by atoms with van der Waals surface area (Å²) in [7, 11) is 0. The first kappa shape index (κ1) is 86.0. The Balaban J connectivity index is 0.000000149. The van der Waals surface area contributed by atoms with E-state index in [0.717, 1.165) is 47.0 Å². The normalized spacial score (nSPS) is 12.5. The van der Waals surface area contributed by atoms with Crippen molar-refractivity contribution in [3.63, 3.8) is 0 Å². The number of aryl methyl sites for hydroxylation is 11. The third-order valence-corrected chi connectivity index (χ3v) is 21.4. The number of hydrogen-bond acceptors (Lipinski definition) is 3. The smallest absolute Gasteiger partial charge is 0.134 e. The molecule has 0 N–H and O–H groups in total. The van der Waals surface area contributed by atoms with Gasteiger partial charge in [0.25, 0.3) is 0 Å². The predicted molar refractivity (Wildman–Crippen MR) is 489 cm³/mol. The van der Waals surface area contributed by atoms with E-state index in [1.165, 1.54) is 174 Å². The monoisotopic (exact) mass is 1490 g/mol. The molecule has 0 unspecified atom stereocenters. The Morgan fingerprint density at radius 1 is 0.366 bits per heavy atom. The molecular weight excluding hydrogens is 1360 g/mol. The Morgan fingerprint density at radius 2 is 0.812 bits per heavy atom. The minimum Gasteiger partial charge on any atom is -0.464 e. The Hall–Kier alpha value is -9.96. The maximum atomic E-state index is 5.71. The van der Waals surface area contributed by atoms with E-state index in [9.17, 15) is 0 Å². The highest BCUT2D eigenvalue weighted by Gasteiger charge is 2.24. The number of allylic oxidation sites excluding steroid dienone is 4. The second-order valence-corrected chi connectivity index (χ2v) is 35.6. The van der Waals surface area contributed by atoms with Gasteiger partial charge in [-0.05, 0) is 292 Å². The average molecular weight is 1490 g/mol. The molecule has 3 aliphatic rings. The van der Waals surface area contributed by atoms with Gasteiger partial charge in [-0.2, -0.15) is 0 Å². The van der Waals surface area contributed by atoms with Crippen molar-refractivity contribution in [2.45, 2.75) is 241 Å². The zero-order valence-electron chi connectivity index (χ0n) is 73.2. The fraction of sp³-hybridized carbons (Fsp3) is 0.339. The second-order valence-electron chi connectivity index (χ2n) is 35.6. The third-order valence-electron chi connectivity index (χ3n) is 21.4. The summed E-state index contributed by atoms with van der Waals surface area (Å²) in [6, 6.07) is 72.4. The van der Waals surface area contributed by atoms with E-state index < -0.39 is 0 Å². The van der Waals surface area contributed by atoms with E-state index in [1.54, 1.807) is 11.8 Å². The summed E-state index contributed by atoms with van der Waals surface area (Å²) >= 11 is 0. The largest absolute Gasteiger partial charge is 0.464 e. The molecule has 0 atom stereocenters. The van der Waals surface area contributed by atoms with E-state index in [2.05, 4.69) is 386 Å². The molecule has 0 radical (unpaired) electrons. The van der Waals surface area contributed by atoms with Crippen LogP contribution < -0.4 is 0 Å². The highest BCUT2D eigenvalue weighted by molar-refractivity contribution is 5.81. The lowest BCUT2D eigenvalue weighted by Crippen LogP contribution is -2.14. The predicted octanol–water partition coefficient (Wildman–Crippen LogP) is 32.3. The minimum atomic E-state index is 0.180. The molecule has 3 aromatic heterocycles. The Labute approximate surface area is 675 Å². The summed E-state index contributed by atoms with van der Waals surface area (Å²) < 4.78 is 16.4. The van der Waals surface area contributed by atoms with Crippen LogP contribution >= 0.6 is 0 Å². The first-order chi connectivity index (χ1) is 52.9. The van der Waals surface area contributed by atoms with Crippen LogP contribution in [0.3, 0.4) is 0 Å². The second kappa shape index (κ2) is 38.0. The first-order valence-corrected chi connectivity index (χ1v) is 41.0. The molecule has 0 spiro atoms. The molecule has 13 aromatic rings. The zero-order chi connectivity index (χ0) is 81.6. The van der Waals surface area contributed by atoms with Crippen molar-refractivity contribution >= 4 is 50.6 Å². The van der Waals surface area contributed by atoms with Crippen molar-refractivity contribution in [2.24, 2.45) is 5.92 Å². The highest BCUT2D eigenvalue weighted by Crippen LogP contribution is 2.41. The summed E-state index contributed by atoms with van der Waals surface area (Å²) in [5.74, 6) is 4.32. The molecule has 584 valence electrons. The molecule has 0 fully saturated rings. The van der Waals surface area contributed by atoms with Crippen molar-refractivity contribution in [3.05, 3.63) is 346 Å². The van der Waals surface area contributed by atoms with Crippen molar-refractivity contribution in [1.29, 1.82) is 0 Å². The molecule has 10 aromatic carbocycles. The van der Waals surface area contributed by atoms with Gasteiger partial charge in [0.2, 0.25) is 0 Å². The van der Waals surface area contributed by atoms with Crippen molar-refractivity contribution in [3.8, 4) is 22.3 Å². The number of benzene rings is 10. The van der Waals surface area contributed by atoms with Crippen LogP contribution in [-0.2, 0) is 30.1 Å². The van der Waals surface area contributed by atoms with Crippen LogP contribution in [0.25, 0.3) is 72.9 Å². The lowest BCUT2D eigenvalue weighted by Gasteiger charge is -2.27. The quantitative estimate of drug-likeness (QED) is 0.160. The molecular formula is C109H130O3. The fourth-order valence-electron chi connectivity index (χ4n) is 14.9. The average Bonchev–Trinajstić information content (AvgIpc) is 1.21. The standard InChI is InChI=1S/C23H32.C19H24.C15H20.C12H14O.C11H12.C10H10O.C10H10.C9H8O/c1-15(2)20-13-19(23(6,7)8)14-21(16(3)4)22(20)18-11-9-17(5)10-12-18;1-13-7-9-16(10-8-13)18-14(2)11-17(12-15(18)3)19(4,5)6;1-10(2)7-14-9-13-6-5-11(3)8-15(13)12(14)4;1-8(2)11-7-10-5-4-9(3)6-12(10)13-11;1-8-3-4-10-6-9(2)7-11(10)5-8;1-7-3-4-9-6-8(2)11-10(9)5-7;1-8-5-6-9-3-2-4-10(9)7-8;1-7-2-3-8-4-5-10-9(8)6-7/h9-16H,1-8H3;7-12H,1-6H3;5-6,8,10H,7,9H2,1-4H3;4-8H,1-3H3;3-5,7H,6H2,1-2H3;3-6H,1-2H3;2,4-7H,3H2,1H3;2-6H,1H3. The van der Waals surface area contributed by atoms with Crippen molar-refractivity contribution < 1.29 is 13.3 Å². The van der Waals surface area contributed by atoms with Crippen molar-refractivity contribution in [2.75, 3.05) is 0 Å². The number of furan rings is 3. The van der Waals surface area contributed by atoms with Gasteiger partial charge in [0.15, 0.2) is 0 Å². The molecule has 0 saturated carbocycles. The molecule has 112 heavy (non-hydrogen) atoms. The van der Waals surface area contributed by atoms with E-state index >= 15 is 0 Å². The summed E-state index contributed by atoms with van der Waals surface area (Å²) in [6.07, 6.45) is 13.1. The van der Waals surface area contributed by atoms with Crippen LogP contribution in [0.4, 0.5) is 0 Å². The van der Waals surface area contributed by atoms with Gasteiger partial charge in [0, 0.05) is 22.1 Å². The van der Waals surface area contributed by atoms with Crippen LogP contribution in [0.5, 0.6) is 0 Å². The van der Waals surface area contributed by atoms with Crippen LogP contribution in [0, 0.1) is 82.1 Å². The van der Waals surface area contributed by atoms with Gasteiger partial charge < -0.3 is 13.3 Å². The summed E-state index contributed by atoms with van der Waals surface area (Å²) in [4.78, 5) is 0. The van der Waals surface area contributed by atoms with Crippen LogP contribution in [0.15, 0.2) is 237 Å². The molecule has 3 heterocycles. The van der Waals surface area contributed by atoms with E-state index in [0.29, 0.717) is 17.8 Å². The lowest BCUT2D eigenvalue weighted by molar-refractivity contribution is 0.521. The molecule has 0 bridgehead atoms. The number of fused-ring (bicyclic) bond motifs is 6. The molecule has 0 aliphatic heterocycles. The topological polar surface area (TPSA) is 39.4 Å². The first-order valence-electron chi connectivity index (χ1n) is 41.0. The van der Waals surface area contributed by atoms with Gasteiger partial charge in [-0.1, -0.05) is 318 Å². The van der Waals surface area contributed by atoms with E-state index in [-0.39, 0.29) is 10.8 Å². The van der Waals surface area contributed by atoms with Gasteiger partial charge >= 0.3 is 0 Å². The zero-order valence-corrected chi connectivity index (χ0v) is 73.2. The maximum absolute atomic E-state index is 5.71. The van der Waals surface area contributed by atoms with Gasteiger partial charge in [0.1, 0.15) is 28.3 Å². The molecule has 3 heteroatoms. The van der Waals surface area contributed by atoms with Gasteiger partial charge in [-0.3, -0.25) is 0 Å². The van der Waals surface area contributed by atoms with Crippen LogP contribution in [-0.4, -0.2) is 0 Å². The summed E-state index contributed by atoms with van der Waals surface area (Å²) in [6.45, 7) is 59.7. The van der Waals surface area contributed by atoms with Gasteiger partial charge in [-0.15, -0.1) is 0 Å². The SMILES string of the molecule is CC1=C(CC(C)C)Cc2ccc(C)cc21.CC1=Cc2cc(C)ccc2C1.Cc1ccc(-c2c(C(C)C)cc(C(C)(C)C)cc2C(C)C)cc1.Cc1ccc(-c2c(C)cc(C(C)(C)C)cc2C)cc1.Cc1ccc2c(c1)C=CC2.Cc1ccc2cc(C(C)C)oc2c1.Cc1ccc2cc(C)oc2c1.Cc1ccc2ccoc2c1. The van der Waals surface area contributed by atoms with Crippen molar-refractivity contribution in [1.82, 2.24) is 0 Å². The number of hydrogen-bond donors (Lipinski definition) is 0. The lowest BCUT2D eigenvalue weighted by atomic mass is 9.78. The van der Waals surface area contributed by atoms with Crippen LogP contribution in [0.2, 0.25) is 0 Å². The maximum Gasteiger partial charge on any atom is 0.134 e. The number of rotatable bonds is 7. The molecule has 0 saturated heterocycles. The Bertz CT molecular complexity index is 5370. The highest BCUT2D eigenvalue weighted by atomic mass is 16.3. The molecule has 3 aliphatic carbocycles. The van der Waals surface area contributed by atoms with E-state index in [1.807, 2.05) is 19.1 Å². The minimum absolute atomic E-state index is 0.180.